The van der Waals surface area contributed by atoms with E-state index < -0.39 is 0 Å². The number of nitrogens with two attached hydrogens (primary N) is 1. The van der Waals surface area contributed by atoms with Crippen LogP contribution < -0.4 is 5.73 Å². The Hall–Kier alpha value is -1.25. The van der Waals surface area contributed by atoms with Crippen molar-refractivity contribution in [3.63, 3.8) is 0 Å². The van der Waals surface area contributed by atoms with E-state index in [1.807, 2.05) is 0 Å². The summed E-state index contributed by atoms with van der Waals surface area (Å²) in [6.07, 6.45) is 1.50. The van der Waals surface area contributed by atoms with E-state index >= 15 is 0 Å². The van der Waals surface area contributed by atoms with Crippen molar-refractivity contribution in [3.05, 3.63) is 24.0 Å². The highest BCUT2D eigenvalue weighted by Gasteiger charge is 2.09. The van der Waals surface area contributed by atoms with E-state index in [1.54, 1.807) is 12.1 Å². The first-order valence-corrected chi connectivity index (χ1v) is 3.86. The zero-order valence-corrected chi connectivity index (χ0v) is 8.04. The molecule has 0 aromatic heterocycles. The molecule has 0 saturated carbocycles. The standard InChI is InChI=1S/C9H17N3/c1-7(2)8(3)9(6-10)12(5)11-4/h6-7H,3-4,10H2,1-2,5H3/b9-6-. The Balaban J connectivity index is 4.58. The first kappa shape index (κ1) is 10.8. The number of likely N-dealkylation sites (N-methyl/N-ethyl adjacent to an activating group) is 1. The maximum Gasteiger partial charge on any atom is 0.0773 e. The van der Waals surface area contributed by atoms with Crippen LogP contribution in [0.25, 0.3) is 0 Å². The van der Waals surface area contributed by atoms with E-state index in [4.69, 9.17) is 5.73 Å². The van der Waals surface area contributed by atoms with Crippen molar-refractivity contribution in [1.29, 1.82) is 0 Å². The molecule has 0 fully saturated rings. The molecule has 0 atom stereocenters. The lowest BCUT2D eigenvalue weighted by Crippen LogP contribution is -2.15. The summed E-state index contributed by atoms with van der Waals surface area (Å²) < 4.78 is 0. The summed E-state index contributed by atoms with van der Waals surface area (Å²) in [6.45, 7) is 11.4. The second-order valence-corrected chi connectivity index (χ2v) is 2.90. The van der Waals surface area contributed by atoms with Gasteiger partial charge in [-0.1, -0.05) is 20.4 Å². The molecule has 0 rings (SSSR count). The van der Waals surface area contributed by atoms with E-state index in [2.05, 4.69) is 32.2 Å². The molecule has 0 amide bonds. The molecule has 0 spiro atoms. The minimum atomic E-state index is 0.365. The molecular weight excluding hydrogens is 150 g/mol. The number of hydrogen-bond donors (Lipinski definition) is 1. The molecular formula is C9H17N3. The van der Waals surface area contributed by atoms with Crippen LogP contribution in [0.3, 0.4) is 0 Å². The number of hydrazone groups is 1. The SMILES string of the molecule is C=NN(C)/C(=C\N)C(=C)C(C)C. The van der Waals surface area contributed by atoms with Gasteiger partial charge in [-0.05, 0) is 11.5 Å². The Kier molecular flexibility index (Phi) is 4.11. The van der Waals surface area contributed by atoms with Gasteiger partial charge in [0.1, 0.15) is 0 Å². The summed E-state index contributed by atoms with van der Waals surface area (Å²) in [4.78, 5) is 0. The van der Waals surface area contributed by atoms with E-state index in [-0.39, 0.29) is 0 Å². The summed E-state index contributed by atoms with van der Waals surface area (Å²) in [7, 11) is 1.79. The third-order valence-electron chi connectivity index (χ3n) is 1.74. The second-order valence-electron chi connectivity index (χ2n) is 2.90. The molecule has 0 radical (unpaired) electrons. The van der Waals surface area contributed by atoms with Gasteiger partial charge in [-0.2, -0.15) is 5.10 Å². The molecule has 12 heavy (non-hydrogen) atoms. The van der Waals surface area contributed by atoms with Crippen LogP contribution in [0.15, 0.2) is 29.2 Å². The molecule has 68 valence electrons. The lowest BCUT2D eigenvalue weighted by Gasteiger charge is -2.20. The van der Waals surface area contributed by atoms with Crippen LogP contribution >= 0.6 is 0 Å². The van der Waals surface area contributed by atoms with Crippen LogP contribution in [-0.4, -0.2) is 18.8 Å². The first-order valence-electron chi connectivity index (χ1n) is 3.86. The number of nitrogens with zero attached hydrogens (tertiary/aromatic N) is 2. The highest BCUT2D eigenvalue weighted by Crippen LogP contribution is 2.18. The minimum absolute atomic E-state index is 0.365. The zero-order valence-electron chi connectivity index (χ0n) is 8.04. The summed E-state index contributed by atoms with van der Waals surface area (Å²) in [5.74, 6) is 0.365. The van der Waals surface area contributed by atoms with E-state index in [0.29, 0.717) is 5.92 Å². The van der Waals surface area contributed by atoms with E-state index in [1.165, 1.54) is 6.20 Å². The Labute approximate surface area is 74.2 Å². The Morgan fingerprint density at radius 3 is 2.33 bits per heavy atom. The molecule has 3 nitrogen and oxygen atoms in total. The third-order valence-corrected chi connectivity index (χ3v) is 1.74. The van der Waals surface area contributed by atoms with Gasteiger partial charge in [-0.15, -0.1) is 0 Å². The number of hydrogen-bond acceptors (Lipinski definition) is 3. The van der Waals surface area contributed by atoms with Gasteiger partial charge in [0.05, 0.1) is 5.70 Å². The molecule has 0 aromatic carbocycles. The van der Waals surface area contributed by atoms with Crippen molar-refractivity contribution in [1.82, 2.24) is 5.01 Å². The zero-order chi connectivity index (χ0) is 9.72. The largest absolute Gasteiger partial charge is 0.403 e. The molecule has 0 saturated heterocycles. The maximum absolute atomic E-state index is 5.44. The topological polar surface area (TPSA) is 41.6 Å². The maximum atomic E-state index is 5.44. The molecule has 0 aliphatic heterocycles. The van der Waals surface area contributed by atoms with Crippen LogP contribution in [0.5, 0.6) is 0 Å². The Morgan fingerprint density at radius 1 is 1.58 bits per heavy atom. The van der Waals surface area contributed by atoms with E-state index in [9.17, 15) is 0 Å². The van der Waals surface area contributed by atoms with Gasteiger partial charge < -0.3 is 5.73 Å². The van der Waals surface area contributed by atoms with Crippen molar-refractivity contribution in [2.24, 2.45) is 16.8 Å². The normalized spacial score (nSPS) is 11.5. The predicted octanol–water partition coefficient (Wildman–Crippen LogP) is 1.55. The summed E-state index contributed by atoms with van der Waals surface area (Å²) in [5.41, 5.74) is 7.22. The average molecular weight is 167 g/mol. The van der Waals surface area contributed by atoms with Gasteiger partial charge in [-0.25, -0.2) is 0 Å². The number of rotatable bonds is 4. The van der Waals surface area contributed by atoms with Gasteiger partial charge >= 0.3 is 0 Å². The molecule has 3 heteroatoms. The quantitative estimate of drug-likeness (QED) is 0.392. The highest BCUT2D eigenvalue weighted by atomic mass is 15.4. The number of allylic oxidation sites excluding steroid dienone is 1. The van der Waals surface area contributed by atoms with Crippen molar-refractivity contribution in [3.8, 4) is 0 Å². The highest BCUT2D eigenvalue weighted by molar-refractivity contribution is 5.30. The molecule has 0 unspecified atom stereocenters. The smallest absolute Gasteiger partial charge is 0.0773 e. The van der Waals surface area contributed by atoms with Crippen molar-refractivity contribution < 1.29 is 0 Å². The van der Waals surface area contributed by atoms with Gasteiger partial charge in [0.2, 0.25) is 0 Å². The average Bonchev–Trinajstić information content (AvgIpc) is 2.05. The van der Waals surface area contributed by atoms with Gasteiger partial charge in [0, 0.05) is 20.0 Å². The molecule has 0 bridgehead atoms. The van der Waals surface area contributed by atoms with E-state index in [0.717, 1.165) is 11.3 Å². The first-order chi connectivity index (χ1) is 5.54. The second kappa shape index (κ2) is 4.59. The summed E-state index contributed by atoms with van der Waals surface area (Å²) in [5, 5.41) is 5.35. The predicted molar refractivity (Wildman–Crippen MR) is 53.6 cm³/mol. The molecule has 0 aliphatic rings. The van der Waals surface area contributed by atoms with Crippen molar-refractivity contribution >= 4 is 6.72 Å². The van der Waals surface area contributed by atoms with Crippen LogP contribution in [0.2, 0.25) is 0 Å². The fraction of sp³-hybridized carbons (Fsp3) is 0.444. The Morgan fingerprint density at radius 2 is 2.08 bits per heavy atom. The van der Waals surface area contributed by atoms with Crippen LogP contribution in [0.1, 0.15) is 13.8 Å². The fourth-order valence-corrected chi connectivity index (χ4v) is 0.795. The van der Waals surface area contributed by atoms with Crippen LogP contribution in [-0.2, 0) is 0 Å². The molecule has 2 N–H and O–H groups in total. The van der Waals surface area contributed by atoms with Crippen LogP contribution in [0, 0.1) is 5.92 Å². The van der Waals surface area contributed by atoms with Gasteiger partial charge in [-0.3, -0.25) is 5.01 Å². The van der Waals surface area contributed by atoms with Crippen molar-refractivity contribution in [2.75, 3.05) is 7.05 Å². The monoisotopic (exact) mass is 167 g/mol. The fourth-order valence-electron chi connectivity index (χ4n) is 0.795. The third kappa shape index (κ3) is 2.42. The minimum Gasteiger partial charge on any atom is -0.403 e. The lowest BCUT2D eigenvalue weighted by molar-refractivity contribution is 0.447. The summed E-state index contributed by atoms with van der Waals surface area (Å²) in [6, 6.07) is 0. The van der Waals surface area contributed by atoms with Gasteiger partial charge in [0.15, 0.2) is 0 Å². The van der Waals surface area contributed by atoms with Crippen molar-refractivity contribution in [2.45, 2.75) is 13.8 Å². The Bertz CT molecular complexity index is 204. The van der Waals surface area contributed by atoms with Crippen LogP contribution in [0.4, 0.5) is 0 Å². The lowest BCUT2D eigenvalue weighted by atomic mass is 10.0. The molecule has 0 heterocycles. The molecule has 0 aromatic rings. The summed E-state index contributed by atoms with van der Waals surface area (Å²) >= 11 is 0. The van der Waals surface area contributed by atoms with Gasteiger partial charge in [0.25, 0.3) is 0 Å². The molecule has 0 aliphatic carbocycles.